The van der Waals surface area contributed by atoms with Crippen molar-refractivity contribution in [2.24, 2.45) is 5.84 Å². The summed E-state index contributed by atoms with van der Waals surface area (Å²) < 4.78 is 0. The minimum atomic E-state index is 0.0273. The highest BCUT2D eigenvalue weighted by Crippen LogP contribution is 2.27. The van der Waals surface area contributed by atoms with Gasteiger partial charge in [0, 0.05) is 27.8 Å². The first-order chi connectivity index (χ1) is 10.3. The molecule has 0 spiro atoms. The Bertz CT molecular complexity index is 730. The molecule has 0 bridgehead atoms. The van der Waals surface area contributed by atoms with Crippen LogP contribution in [0.4, 0.5) is 0 Å². The van der Waals surface area contributed by atoms with Crippen molar-refractivity contribution in [2.45, 2.75) is 25.8 Å². The lowest BCUT2D eigenvalue weighted by atomic mass is 10.0. The van der Waals surface area contributed by atoms with Crippen LogP contribution in [-0.4, -0.2) is 4.98 Å². The molecular formula is C17H19N3S. The van der Waals surface area contributed by atoms with E-state index in [4.69, 9.17) is 5.84 Å². The summed E-state index contributed by atoms with van der Waals surface area (Å²) in [4.78, 5) is 7.31. The number of nitrogens with zero attached hydrogens (tertiary/aromatic N) is 1. The average Bonchev–Trinajstić information content (AvgIpc) is 3.00. The van der Waals surface area contributed by atoms with Crippen molar-refractivity contribution in [1.29, 1.82) is 0 Å². The Labute approximate surface area is 128 Å². The Morgan fingerprint density at radius 1 is 1.14 bits per heavy atom. The number of pyridine rings is 1. The first kappa shape index (κ1) is 14.2. The molecule has 4 heteroatoms. The Kier molecular flexibility index (Phi) is 4.29. The van der Waals surface area contributed by atoms with Crippen molar-refractivity contribution in [2.75, 3.05) is 0 Å². The molecule has 0 saturated heterocycles. The second-order valence-corrected chi connectivity index (χ2v) is 6.32. The fourth-order valence-corrected chi connectivity index (χ4v) is 3.58. The van der Waals surface area contributed by atoms with Crippen molar-refractivity contribution in [1.82, 2.24) is 10.4 Å². The highest BCUT2D eigenvalue weighted by molar-refractivity contribution is 7.11. The van der Waals surface area contributed by atoms with Crippen LogP contribution in [0.15, 0.2) is 48.7 Å². The third kappa shape index (κ3) is 2.97. The van der Waals surface area contributed by atoms with Gasteiger partial charge in [0.05, 0.1) is 11.7 Å². The Morgan fingerprint density at radius 2 is 1.95 bits per heavy atom. The molecule has 1 aromatic carbocycles. The first-order valence-electron chi connectivity index (χ1n) is 7.19. The van der Waals surface area contributed by atoms with Crippen LogP contribution in [-0.2, 0) is 12.8 Å². The number of hydrazine groups is 1. The molecule has 2 aromatic heterocycles. The number of aromatic nitrogens is 1. The molecular weight excluding hydrogens is 278 g/mol. The zero-order valence-corrected chi connectivity index (χ0v) is 12.9. The normalized spacial score (nSPS) is 12.7. The van der Waals surface area contributed by atoms with Crippen LogP contribution in [0, 0.1) is 0 Å². The smallest absolute Gasteiger partial charge is 0.0686 e. The molecule has 0 aliphatic rings. The largest absolute Gasteiger partial charge is 0.271 e. The fraction of sp³-hybridized carbons (Fsp3) is 0.235. The molecule has 0 saturated carbocycles. The van der Waals surface area contributed by atoms with Gasteiger partial charge in [-0.25, -0.2) is 0 Å². The summed E-state index contributed by atoms with van der Waals surface area (Å²) in [7, 11) is 0. The van der Waals surface area contributed by atoms with Crippen molar-refractivity contribution in [3.63, 3.8) is 0 Å². The van der Waals surface area contributed by atoms with Crippen LogP contribution in [0.25, 0.3) is 10.8 Å². The van der Waals surface area contributed by atoms with Crippen molar-refractivity contribution in [3.05, 3.63) is 64.1 Å². The van der Waals surface area contributed by atoms with E-state index in [9.17, 15) is 0 Å². The van der Waals surface area contributed by atoms with Gasteiger partial charge in [0.1, 0.15) is 0 Å². The lowest BCUT2D eigenvalue weighted by Gasteiger charge is -2.16. The Balaban J connectivity index is 1.94. The highest BCUT2D eigenvalue weighted by atomic mass is 32.1. The van der Waals surface area contributed by atoms with E-state index in [1.165, 1.54) is 15.1 Å². The predicted molar refractivity (Wildman–Crippen MR) is 89.2 cm³/mol. The van der Waals surface area contributed by atoms with Crippen LogP contribution >= 0.6 is 11.3 Å². The van der Waals surface area contributed by atoms with Crippen molar-refractivity contribution >= 4 is 22.1 Å². The lowest BCUT2D eigenvalue weighted by molar-refractivity contribution is 0.546. The van der Waals surface area contributed by atoms with Gasteiger partial charge in [-0.2, -0.15) is 0 Å². The SMILES string of the molecule is CCc1ccc(CC(NN)c2nccc3ccccc23)s1. The molecule has 21 heavy (non-hydrogen) atoms. The van der Waals surface area contributed by atoms with E-state index in [2.05, 4.69) is 41.6 Å². The van der Waals surface area contributed by atoms with Crippen LogP contribution in [0.3, 0.4) is 0 Å². The second kappa shape index (κ2) is 6.35. The summed E-state index contributed by atoms with van der Waals surface area (Å²) in [6.07, 6.45) is 3.80. The number of fused-ring (bicyclic) bond motifs is 1. The third-order valence-electron chi connectivity index (χ3n) is 3.71. The van der Waals surface area contributed by atoms with Gasteiger partial charge < -0.3 is 0 Å². The molecule has 0 amide bonds. The number of aryl methyl sites for hydroxylation is 1. The maximum atomic E-state index is 5.80. The fourth-order valence-electron chi connectivity index (χ4n) is 2.58. The summed E-state index contributed by atoms with van der Waals surface area (Å²) in [5, 5.41) is 2.36. The standard InChI is InChI=1S/C17H19N3S/c1-2-13-7-8-14(21-13)11-16(20-18)17-15-6-4-3-5-12(15)9-10-19-17/h3-10,16,20H,2,11,18H2,1H3. The van der Waals surface area contributed by atoms with E-state index >= 15 is 0 Å². The first-order valence-corrected chi connectivity index (χ1v) is 8.01. The summed E-state index contributed by atoms with van der Waals surface area (Å²) in [5.41, 5.74) is 3.95. The zero-order chi connectivity index (χ0) is 14.7. The molecule has 1 atom stereocenters. The van der Waals surface area contributed by atoms with Crippen LogP contribution in [0.5, 0.6) is 0 Å². The van der Waals surface area contributed by atoms with E-state index in [-0.39, 0.29) is 6.04 Å². The maximum Gasteiger partial charge on any atom is 0.0686 e. The summed E-state index contributed by atoms with van der Waals surface area (Å²) >= 11 is 1.85. The number of nitrogens with one attached hydrogen (secondary N) is 1. The maximum absolute atomic E-state index is 5.80. The third-order valence-corrected chi connectivity index (χ3v) is 4.96. The molecule has 0 fully saturated rings. The molecule has 0 aliphatic carbocycles. The minimum Gasteiger partial charge on any atom is -0.271 e. The van der Waals surface area contributed by atoms with Crippen LogP contribution < -0.4 is 11.3 Å². The molecule has 3 aromatic rings. The van der Waals surface area contributed by atoms with Gasteiger partial charge in [0.2, 0.25) is 0 Å². The van der Waals surface area contributed by atoms with Crippen molar-refractivity contribution in [3.8, 4) is 0 Å². The number of nitrogens with two attached hydrogens (primary N) is 1. The van der Waals surface area contributed by atoms with E-state index in [0.29, 0.717) is 0 Å². The molecule has 0 radical (unpaired) electrons. The summed E-state index contributed by atoms with van der Waals surface area (Å²) in [6, 6.07) is 14.8. The number of hydrogen-bond donors (Lipinski definition) is 2. The van der Waals surface area contributed by atoms with Crippen molar-refractivity contribution < 1.29 is 0 Å². The number of hydrogen-bond acceptors (Lipinski definition) is 4. The van der Waals surface area contributed by atoms with Gasteiger partial charge >= 0.3 is 0 Å². The van der Waals surface area contributed by atoms with E-state index in [1.807, 2.05) is 35.7 Å². The lowest BCUT2D eigenvalue weighted by Crippen LogP contribution is -2.30. The van der Waals surface area contributed by atoms with E-state index in [1.54, 1.807) is 0 Å². The quantitative estimate of drug-likeness (QED) is 0.559. The molecule has 3 nitrogen and oxygen atoms in total. The summed E-state index contributed by atoms with van der Waals surface area (Å²) in [6.45, 7) is 2.18. The van der Waals surface area contributed by atoms with Gasteiger partial charge in [-0.15, -0.1) is 11.3 Å². The molecule has 0 aliphatic heterocycles. The second-order valence-electron chi connectivity index (χ2n) is 5.06. The highest BCUT2D eigenvalue weighted by Gasteiger charge is 2.16. The topological polar surface area (TPSA) is 50.9 Å². The number of benzene rings is 1. The monoisotopic (exact) mass is 297 g/mol. The molecule has 1 unspecified atom stereocenters. The molecule has 2 heterocycles. The number of rotatable bonds is 5. The van der Waals surface area contributed by atoms with Gasteiger partial charge in [0.15, 0.2) is 0 Å². The Hall–Kier alpha value is -1.75. The average molecular weight is 297 g/mol. The van der Waals surface area contributed by atoms with Gasteiger partial charge in [0.25, 0.3) is 0 Å². The Morgan fingerprint density at radius 3 is 2.71 bits per heavy atom. The van der Waals surface area contributed by atoms with E-state index in [0.717, 1.165) is 23.9 Å². The van der Waals surface area contributed by atoms with Gasteiger partial charge in [-0.1, -0.05) is 31.2 Å². The molecule has 108 valence electrons. The number of thiophene rings is 1. The minimum absolute atomic E-state index is 0.0273. The molecule has 3 N–H and O–H groups in total. The van der Waals surface area contributed by atoms with Gasteiger partial charge in [-0.05, 0) is 30.0 Å². The molecule has 3 rings (SSSR count). The predicted octanol–water partition coefficient (Wildman–Crippen LogP) is 3.61. The van der Waals surface area contributed by atoms with Crippen LogP contribution in [0.1, 0.15) is 28.4 Å². The van der Waals surface area contributed by atoms with Gasteiger partial charge in [-0.3, -0.25) is 16.3 Å². The van der Waals surface area contributed by atoms with E-state index < -0.39 is 0 Å². The zero-order valence-electron chi connectivity index (χ0n) is 12.0. The van der Waals surface area contributed by atoms with Crippen LogP contribution in [0.2, 0.25) is 0 Å². The summed E-state index contributed by atoms with van der Waals surface area (Å²) in [5.74, 6) is 5.80.